The number of ether oxygens (including phenoxy) is 2. The molecule has 1 aromatic carbocycles. The van der Waals surface area contributed by atoms with Crippen LogP contribution < -0.4 is 0 Å². The fourth-order valence-electron chi connectivity index (χ4n) is 1.33. The topological polar surface area (TPSA) is 76.0 Å². The Kier molecular flexibility index (Phi) is 8.82. The standard InChI is InChI=1S/C11H14O4.C2H6O/c1-8-2-4-9(5-3-8)10(6-12)11(14)15-7-13;1-3-2/h2-5,7,10-12,14H,6H2,1H3;1-2H3. The Bertz CT molecular complexity index is 323. The van der Waals surface area contributed by atoms with Gasteiger partial charge in [-0.05, 0) is 12.5 Å². The molecular weight excluding hydrogens is 236 g/mol. The molecule has 1 rings (SSSR count). The summed E-state index contributed by atoms with van der Waals surface area (Å²) in [5.74, 6) is -0.601. The zero-order valence-electron chi connectivity index (χ0n) is 10.9. The highest BCUT2D eigenvalue weighted by Gasteiger charge is 2.21. The first-order valence-corrected chi connectivity index (χ1v) is 5.45. The summed E-state index contributed by atoms with van der Waals surface area (Å²) in [5.41, 5.74) is 1.82. The highest BCUT2D eigenvalue weighted by Crippen LogP contribution is 2.20. The largest absolute Gasteiger partial charge is 0.437 e. The van der Waals surface area contributed by atoms with Crippen molar-refractivity contribution >= 4 is 6.47 Å². The minimum Gasteiger partial charge on any atom is -0.437 e. The predicted octanol–water partition coefficient (Wildman–Crippen LogP) is 0.825. The van der Waals surface area contributed by atoms with Crippen molar-refractivity contribution in [3.63, 3.8) is 0 Å². The van der Waals surface area contributed by atoms with Crippen LogP contribution in [0.4, 0.5) is 0 Å². The fourth-order valence-corrected chi connectivity index (χ4v) is 1.33. The summed E-state index contributed by atoms with van der Waals surface area (Å²) >= 11 is 0. The third-order valence-corrected chi connectivity index (χ3v) is 2.24. The molecule has 2 unspecified atom stereocenters. The van der Waals surface area contributed by atoms with Gasteiger partial charge in [-0.25, -0.2) is 0 Å². The zero-order chi connectivity index (χ0) is 14.0. The lowest BCUT2D eigenvalue weighted by molar-refractivity contribution is -0.157. The molecule has 0 aliphatic rings. The first-order valence-electron chi connectivity index (χ1n) is 5.45. The second-order valence-corrected chi connectivity index (χ2v) is 3.73. The SMILES string of the molecule is COC.Cc1ccc(C(CO)C(O)OC=O)cc1. The number of aryl methyl sites for hydroxylation is 1. The first kappa shape index (κ1) is 16.6. The third-order valence-electron chi connectivity index (χ3n) is 2.24. The van der Waals surface area contributed by atoms with Crippen LogP contribution in [0.1, 0.15) is 17.0 Å². The molecule has 0 aliphatic heterocycles. The molecule has 0 aliphatic carbocycles. The molecule has 5 heteroatoms. The number of hydrogen-bond donors (Lipinski definition) is 2. The van der Waals surface area contributed by atoms with E-state index in [1.807, 2.05) is 19.1 Å². The van der Waals surface area contributed by atoms with E-state index in [2.05, 4.69) is 9.47 Å². The number of hydrogen-bond acceptors (Lipinski definition) is 5. The molecule has 2 atom stereocenters. The maximum atomic E-state index is 10.1. The third kappa shape index (κ3) is 5.77. The number of aliphatic hydroxyl groups is 2. The molecule has 0 spiro atoms. The first-order chi connectivity index (χ1) is 8.60. The lowest BCUT2D eigenvalue weighted by Gasteiger charge is -2.19. The number of carbonyl (C=O) groups excluding carboxylic acids is 1. The molecule has 0 aromatic heterocycles. The van der Waals surface area contributed by atoms with Gasteiger partial charge in [-0.3, -0.25) is 4.79 Å². The minimum atomic E-state index is -1.31. The molecule has 0 saturated heterocycles. The molecule has 2 N–H and O–H groups in total. The molecule has 0 amide bonds. The maximum absolute atomic E-state index is 10.1. The number of rotatable bonds is 5. The monoisotopic (exact) mass is 256 g/mol. The van der Waals surface area contributed by atoms with E-state index >= 15 is 0 Å². The van der Waals surface area contributed by atoms with Crippen molar-refractivity contribution in [3.05, 3.63) is 35.4 Å². The molecule has 0 radical (unpaired) electrons. The maximum Gasteiger partial charge on any atom is 0.295 e. The van der Waals surface area contributed by atoms with E-state index in [1.165, 1.54) is 0 Å². The summed E-state index contributed by atoms with van der Waals surface area (Å²) in [6.07, 6.45) is -1.31. The Morgan fingerprint density at radius 1 is 1.28 bits per heavy atom. The van der Waals surface area contributed by atoms with Gasteiger partial charge >= 0.3 is 0 Å². The van der Waals surface area contributed by atoms with Crippen molar-refractivity contribution in [1.82, 2.24) is 0 Å². The van der Waals surface area contributed by atoms with Crippen LogP contribution in [0.15, 0.2) is 24.3 Å². The second kappa shape index (κ2) is 9.58. The molecule has 0 heterocycles. The highest BCUT2D eigenvalue weighted by atomic mass is 16.6. The summed E-state index contributed by atoms with van der Waals surface area (Å²) in [5, 5.41) is 18.5. The number of methoxy groups -OCH3 is 1. The van der Waals surface area contributed by atoms with Gasteiger partial charge in [-0.15, -0.1) is 0 Å². The Hall–Kier alpha value is -1.43. The summed E-state index contributed by atoms with van der Waals surface area (Å²) in [7, 11) is 3.25. The van der Waals surface area contributed by atoms with Crippen LogP contribution in [-0.4, -0.2) is 43.8 Å². The highest BCUT2D eigenvalue weighted by molar-refractivity contribution is 5.37. The van der Waals surface area contributed by atoms with Crippen LogP contribution in [0.3, 0.4) is 0 Å². The van der Waals surface area contributed by atoms with E-state index < -0.39 is 12.2 Å². The van der Waals surface area contributed by atoms with Gasteiger partial charge in [-0.2, -0.15) is 0 Å². The molecule has 18 heavy (non-hydrogen) atoms. The molecule has 0 saturated carbocycles. The van der Waals surface area contributed by atoms with E-state index in [-0.39, 0.29) is 13.1 Å². The van der Waals surface area contributed by atoms with Crippen LogP contribution in [-0.2, 0) is 14.3 Å². The minimum absolute atomic E-state index is 0.168. The smallest absolute Gasteiger partial charge is 0.295 e. The molecular formula is C13H20O5. The Morgan fingerprint density at radius 2 is 1.78 bits per heavy atom. The quantitative estimate of drug-likeness (QED) is 0.602. The van der Waals surface area contributed by atoms with Crippen molar-refractivity contribution in [2.45, 2.75) is 19.1 Å². The van der Waals surface area contributed by atoms with Gasteiger partial charge in [0.2, 0.25) is 6.29 Å². The summed E-state index contributed by atoms with van der Waals surface area (Å²) < 4.78 is 8.64. The molecule has 0 bridgehead atoms. The molecule has 102 valence electrons. The van der Waals surface area contributed by atoms with Crippen LogP contribution in [0, 0.1) is 6.92 Å². The zero-order valence-corrected chi connectivity index (χ0v) is 10.9. The van der Waals surface area contributed by atoms with Gasteiger partial charge in [0, 0.05) is 14.2 Å². The van der Waals surface area contributed by atoms with Crippen LogP contribution in [0.25, 0.3) is 0 Å². The summed E-state index contributed by atoms with van der Waals surface area (Å²) in [4.78, 5) is 10.1. The van der Waals surface area contributed by atoms with E-state index in [9.17, 15) is 9.90 Å². The summed E-state index contributed by atoms with van der Waals surface area (Å²) in [6, 6.07) is 7.30. The van der Waals surface area contributed by atoms with Gasteiger partial charge < -0.3 is 19.7 Å². The van der Waals surface area contributed by atoms with Crippen molar-refractivity contribution in [3.8, 4) is 0 Å². The Morgan fingerprint density at radius 3 is 2.17 bits per heavy atom. The van der Waals surface area contributed by atoms with Crippen LogP contribution in [0.2, 0.25) is 0 Å². The number of benzene rings is 1. The molecule has 0 fully saturated rings. The van der Waals surface area contributed by atoms with Crippen molar-refractivity contribution in [1.29, 1.82) is 0 Å². The van der Waals surface area contributed by atoms with E-state index in [0.29, 0.717) is 0 Å². The van der Waals surface area contributed by atoms with Crippen molar-refractivity contribution < 1.29 is 24.5 Å². The summed E-state index contributed by atoms with van der Waals surface area (Å²) in [6.45, 7) is 1.83. The van der Waals surface area contributed by atoms with Gasteiger partial charge in [0.15, 0.2) is 0 Å². The van der Waals surface area contributed by atoms with E-state index in [4.69, 9.17) is 5.11 Å². The normalized spacial score (nSPS) is 12.9. The van der Waals surface area contributed by atoms with Crippen molar-refractivity contribution in [2.75, 3.05) is 20.8 Å². The molecule has 1 aromatic rings. The van der Waals surface area contributed by atoms with Crippen LogP contribution >= 0.6 is 0 Å². The number of aliphatic hydroxyl groups excluding tert-OH is 2. The fraction of sp³-hybridized carbons (Fsp3) is 0.462. The van der Waals surface area contributed by atoms with Crippen molar-refractivity contribution in [2.24, 2.45) is 0 Å². The van der Waals surface area contributed by atoms with E-state index in [1.54, 1.807) is 26.4 Å². The average molecular weight is 256 g/mol. The van der Waals surface area contributed by atoms with Gasteiger partial charge in [0.25, 0.3) is 6.47 Å². The predicted molar refractivity (Wildman–Crippen MR) is 67.1 cm³/mol. The molecule has 5 nitrogen and oxygen atoms in total. The average Bonchev–Trinajstić information content (AvgIpc) is 2.34. The lowest BCUT2D eigenvalue weighted by Crippen LogP contribution is -2.24. The van der Waals surface area contributed by atoms with Crippen LogP contribution in [0.5, 0.6) is 0 Å². The Balaban J connectivity index is 0.000000873. The van der Waals surface area contributed by atoms with Gasteiger partial charge in [0.05, 0.1) is 12.5 Å². The van der Waals surface area contributed by atoms with Gasteiger partial charge in [0.1, 0.15) is 0 Å². The number of carbonyl (C=O) groups is 1. The van der Waals surface area contributed by atoms with E-state index in [0.717, 1.165) is 11.1 Å². The van der Waals surface area contributed by atoms with Gasteiger partial charge in [-0.1, -0.05) is 29.8 Å². The second-order valence-electron chi connectivity index (χ2n) is 3.73. The lowest BCUT2D eigenvalue weighted by atomic mass is 9.98. The Labute approximate surface area is 107 Å².